The molecule has 2 rings (SSSR count). The Labute approximate surface area is 123 Å². The van der Waals surface area contributed by atoms with Gasteiger partial charge in [0.25, 0.3) is 5.91 Å². The van der Waals surface area contributed by atoms with E-state index in [1.54, 1.807) is 12.1 Å². The minimum Gasteiger partial charge on any atom is -0.482 e. The van der Waals surface area contributed by atoms with Gasteiger partial charge in [0.2, 0.25) is 0 Å². The summed E-state index contributed by atoms with van der Waals surface area (Å²) in [5, 5.41) is 9.67. The summed E-state index contributed by atoms with van der Waals surface area (Å²) in [6.07, 6.45) is 3.56. The molecule has 21 heavy (non-hydrogen) atoms. The number of hydrogen-bond acceptors (Lipinski definition) is 4. The number of H-pyrrole nitrogens is 1. The summed E-state index contributed by atoms with van der Waals surface area (Å²) in [7, 11) is 0. The molecule has 0 aliphatic heterocycles. The first-order valence-corrected chi connectivity index (χ1v) is 6.89. The van der Waals surface area contributed by atoms with E-state index in [1.165, 1.54) is 5.56 Å². The molecule has 0 spiro atoms. The van der Waals surface area contributed by atoms with E-state index in [0.29, 0.717) is 18.0 Å². The average molecular weight is 288 g/mol. The van der Waals surface area contributed by atoms with Gasteiger partial charge in [-0.05, 0) is 37.5 Å². The van der Waals surface area contributed by atoms with Crippen molar-refractivity contribution in [2.75, 3.05) is 18.9 Å². The molecule has 0 aliphatic carbocycles. The Hall–Kier alpha value is -2.50. The van der Waals surface area contributed by atoms with Crippen molar-refractivity contribution < 1.29 is 9.53 Å². The lowest BCUT2D eigenvalue weighted by molar-refractivity contribution is -0.123. The average Bonchev–Trinajstić information content (AvgIpc) is 2.88. The number of aryl methyl sites for hydroxylation is 2. The number of nitrogen functional groups attached to an aromatic ring is 1. The maximum atomic E-state index is 11.7. The zero-order valence-corrected chi connectivity index (χ0v) is 12.1. The van der Waals surface area contributed by atoms with Crippen molar-refractivity contribution in [3.05, 3.63) is 41.7 Å². The number of nitrogens with one attached hydrogen (secondary N) is 2. The van der Waals surface area contributed by atoms with Gasteiger partial charge >= 0.3 is 0 Å². The maximum Gasteiger partial charge on any atom is 0.257 e. The number of aromatic nitrogens is 2. The van der Waals surface area contributed by atoms with Gasteiger partial charge in [0.15, 0.2) is 6.61 Å². The van der Waals surface area contributed by atoms with Crippen LogP contribution in [0.5, 0.6) is 5.75 Å². The van der Waals surface area contributed by atoms with Gasteiger partial charge in [0.05, 0.1) is 11.9 Å². The van der Waals surface area contributed by atoms with E-state index < -0.39 is 0 Å². The van der Waals surface area contributed by atoms with Gasteiger partial charge in [-0.3, -0.25) is 9.89 Å². The number of hydrogen-bond donors (Lipinski definition) is 3. The molecule has 0 saturated carbocycles. The van der Waals surface area contributed by atoms with Crippen LogP contribution in [0, 0.1) is 6.92 Å². The highest BCUT2D eigenvalue weighted by molar-refractivity contribution is 5.77. The Morgan fingerprint density at radius 2 is 2.24 bits per heavy atom. The standard InChI is InChI=1S/C15H20N4O2/c1-11-12(9-18-19-11)5-4-8-17-15(20)10-21-14-7-3-2-6-13(14)16/h2-3,6-7,9H,4-5,8,10,16H2,1H3,(H,17,20)(H,18,19). The molecule has 0 atom stereocenters. The van der Waals surface area contributed by atoms with Crippen LogP contribution in [-0.4, -0.2) is 29.3 Å². The second-order valence-corrected chi connectivity index (χ2v) is 4.80. The van der Waals surface area contributed by atoms with E-state index in [2.05, 4.69) is 15.5 Å². The number of nitrogens with zero attached hydrogens (tertiary/aromatic N) is 1. The first-order valence-electron chi connectivity index (χ1n) is 6.89. The van der Waals surface area contributed by atoms with Gasteiger partial charge in [-0.2, -0.15) is 5.10 Å². The fourth-order valence-electron chi connectivity index (χ4n) is 1.94. The van der Waals surface area contributed by atoms with Gasteiger partial charge in [-0.15, -0.1) is 0 Å². The molecule has 0 unspecified atom stereocenters. The van der Waals surface area contributed by atoms with Crippen LogP contribution < -0.4 is 15.8 Å². The van der Waals surface area contributed by atoms with Crippen LogP contribution in [0.1, 0.15) is 17.7 Å². The smallest absolute Gasteiger partial charge is 0.257 e. The largest absolute Gasteiger partial charge is 0.482 e. The molecular weight excluding hydrogens is 268 g/mol. The van der Waals surface area contributed by atoms with Crippen molar-refractivity contribution in [3.63, 3.8) is 0 Å². The molecule has 0 bridgehead atoms. The van der Waals surface area contributed by atoms with Gasteiger partial charge in [-0.1, -0.05) is 12.1 Å². The topological polar surface area (TPSA) is 93.0 Å². The molecule has 0 fully saturated rings. The first-order chi connectivity index (χ1) is 10.2. The lowest BCUT2D eigenvalue weighted by atomic mass is 10.1. The quantitative estimate of drug-likeness (QED) is 0.531. The van der Waals surface area contributed by atoms with Crippen molar-refractivity contribution in [1.29, 1.82) is 0 Å². The van der Waals surface area contributed by atoms with Crippen LogP contribution in [-0.2, 0) is 11.2 Å². The minimum absolute atomic E-state index is 0.0288. The van der Waals surface area contributed by atoms with Crippen LogP contribution in [0.4, 0.5) is 5.69 Å². The molecule has 2 aromatic rings. The van der Waals surface area contributed by atoms with Crippen LogP contribution in [0.2, 0.25) is 0 Å². The molecule has 1 amide bonds. The van der Waals surface area contributed by atoms with E-state index in [-0.39, 0.29) is 12.5 Å². The molecular formula is C15H20N4O2. The van der Waals surface area contributed by atoms with E-state index >= 15 is 0 Å². The Balaban J connectivity index is 1.64. The third-order valence-electron chi connectivity index (χ3n) is 3.16. The summed E-state index contributed by atoms with van der Waals surface area (Å²) in [6, 6.07) is 7.11. The first kappa shape index (κ1) is 14.9. The second-order valence-electron chi connectivity index (χ2n) is 4.80. The molecule has 6 heteroatoms. The normalized spacial score (nSPS) is 10.3. The Bertz CT molecular complexity index is 595. The lowest BCUT2D eigenvalue weighted by Crippen LogP contribution is -2.30. The molecule has 112 valence electrons. The number of carbonyl (C=O) groups is 1. The van der Waals surface area contributed by atoms with Gasteiger partial charge in [-0.25, -0.2) is 0 Å². The fourth-order valence-corrected chi connectivity index (χ4v) is 1.94. The lowest BCUT2D eigenvalue weighted by Gasteiger charge is -2.09. The third-order valence-corrected chi connectivity index (χ3v) is 3.16. The number of aromatic amines is 1. The van der Waals surface area contributed by atoms with Crippen LogP contribution >= 0.6 is 0 Å². The number of rotatable bonds is 7. The maximum absolute atomic E-state index is 11.7. The van der Waals surface area contributed by atoms with E-state index in [1.807, 2.05) is 25.3 Å². The fraction of sp³-hybridized carbons (Fsp3) is 0.333. The van der Waals surface area contributed by atoms with Crippen molar-refractivity contribution in [1.82, 2.24) is 15.5 Å². The summed E-state index contributed by atoms with van der Waals surface area (Å²) >= 11 is 0. The van der Waals surface area contributed by atoms with Gasteiger partial charge < -0.3 is 15.8 Å². The molecule has 0 saturated heterocycles. The Morgan fingerprint density at radius 1 is 1.43 bits per heavy atom. The van der Waals surface area contributed by atoms with Gasteiger partial charge in [0, 0.05) is 12.2 Å². The zero-order valence-electron chi connectivity index (χ0n) is 12.1. The van der Waals surface area contributed by atoms with Crippen molar-refractivity contribution >= 4 is 11.6 Å². The SMILES string of the molecule is Cc1[nH]ncc1CCCNC(=O)COc1ccccc1N. The van der Waals surface area contributed by atoms with Crippen LogP contribution in [0.3, 0.4) is 0 Å². The summed E-state index contributed by atoms with van der Waals surface area (Å²) in [5.74, 6) is 0.379. The predicted molar refractivity (Wildman–Crippen MR) is 81.0 cm³/mol. The van der Waals surface area contributed by atoms with E-state index in [0.717, 1.165) is 18.5 Å². The van der Waals surface area contributed by atoms with Crippen molar-refractivity contribution in [2.24, 2.45) is 0 Å². The van der Waals surface area contributed by atoms with E-state index in [4.69, 9.17) is 10.5 Å². The number of amides is 1. The minimum atomic E-state index is -0.151. The summed E-state index contributed by atoms with van der Waals surface area (Å²) in [5.41, 5.74) is 8.51. The number of carbonyl (C=O) groups excluding carboxylic acids is 1. The molecule has 1 heterocycles. The Kier molecular flexibility index (Phi) is 5.20. The van der Waals surface area contributed by atoms with Crippen LogP contribution in [0.25, 0.3) is 0 Å². The highest BCUT2D eigenvalue weighted by atomic mass is 16.5. The molecule has 1 aromatic heterocycles. The number of benzene rings is 1. The van der Waals surface area contributed by atoms with Gasteiger partial charge in [0.1, 0.15) is 5.75 Å². The molecule has 0 aliphatic rings. The van der Waals surface area contributed by atoms with E-state index in [9.17, 15) is 4.79 Å². The number of para-hydroxylation sites is 2. The molecule has 4 N–H and O–H groups in total. The summed E-state index contributed by atoms with van der Waals surface area (Å²) < 4.78 is 5.37. The number of ether oxygens (including phenoxy) is 1. The second kappa shape index (κ2) is 7.33. The summed E-state index contributed by atoms with van der Waals surface area (Å²) in [6.45, 7) is 2.56. The number of anilines is 1. The highest BCUT2D eigenvalue weighted by Gasteiger charge is 2.05. The summed E-state index contributed by atoms with van der Waals surface area (Å²) in [4.78, 5) is 11.7. The third kappa shape index (κ3) is 4.52. The van der Waals surface area contributed by atoms with Crippen molar-refractivity contribution in [2.45, 2.75) is 19.8 Å². The predicted octanol–water partition coefficient (Wildman–Crippen LogP) is 1.43. The van der Waals surface area contributed by atoms with Crippen molar-refractivity contribution in [3.8, 4) is 5.75 Å². The zero-order chi connectivity index (χ0) is 15.1. The molecule has 1 aromatic carbocycles. The molecule has 0 radical (unpaired) electrons. The monoisotopic (exact) mass is 288 g/mol. The molecule has 6 nitrogen and oxygen atoms in total. The Morgan fingerprint density at radius 3 is 2.95 bits per heavy atom. The number of nitrogens with two attached hydrogens (primary N) is 1. The highest BCUT2D eigenvalue weighted by Crippen LogP contribution is 2.19. The van der Waals surface area contributed by atoms with Crippen LogP contribution in [0.15, 0.2) is 30.5 Å².